The number of carbonyl (C=O) groups is 1. The molecule has 1 fully saturated rings. The van der Waals surface area contributed by atoms with E-state index >= 15 is 0 Å². The van der Waals surface area contributed by atoms with Gasteiger partial charge in [-0.15, -0.1) is 0 Å². The van der Waals surface area contributed by atoms with E-state index in [0.29, 0.717) is 40.6 Å². The first kappa shape index (κ1) is 15.7. The monoisotopic (exact) mass is 338 g/mol. The van der Waals surface area contributed by atoms with Crippen molar-refractivity contribution in [3.63, 3.8) is 0 Å². The molecule has 2 aromatic heterocycles. The summed E-state index contributed by atoms with van der Waals surface area (Å²) in [6.45, 7) is 3.36. The van der Waals surface area contributed by atoms with E-state index in [4.69, 9.17) is 13.6 Å². The first-order chi connectivity index (χ1) is 12.0. The molecule has 0 saturated heterocycles. The van der Waals surface area contributed by atoms with E-state index in [2.05, 4.69) is 0 Å². The van der Waals surface area contributed by atoms with Crippen LogP contribution in [-0.2, 0) is 4.79 Å². The maximum absolute atomic E-state index is 12.2. The lowest BCUT2D eigenvalue weighted by atomic mass is 10.1. The van der Waals surface area contributed by atoms with Crippen molar-refractivity contribution >= 4 is 16.9 Å². The molecule has 0 aliphatic heterocycles. The summed E-state index contributed by atoms with van der Waals surface area (Å²) in [5, 5.41) is 0.910. The lowest BCUT2D eigenvalue weighted by molar-refractivity contribution is -0.134. The van der Waals surface area contributed by atoms with Crippen molar-refractivity contribution in [1.82, 2.24) is 0 Å². The van der Waals surface area contributed by atoms with E-state index in [0.717, 1.165) is 18.2 Å². The van der Waals surface area contributed by atoms with Crippen molar-refractivity contribution in [2.75, 3.05) is 0 Å². The molecule has 0 amide bonds. The summed E-state index contributed by atoms with van der Waals surface area (Å²) in [6.07, 6.45) is 2.52. The summed E-state index contributed by atoms with van der Waals surface area (Å²) < 4.78 is 16.7. The largest absolute Gasteiger partial charge is 0.453 e. The highest BCUT2D eigenvalue weighted by Gasteiger charge is 2.27. The normalized spacial score (nSPS) is 14.0. The summed E-state index contributed by atoms with van der Waals surface area (Å²) in [7, 11) is 0. The van der Waals surface area contributed by atoms with Crippen LogP contribution in [0.1, 0.15) is 30.4 Å². The highest BCUT2D eigenvalue weighted by atomic mass is 16.5. The molecule has 1 saturated carbocycles. The molecule has 5 nitrogen and oxygen atoms in total. The minimum Gasteiger partial charge on any atom is -0.453 e. The number of hydrogen-bond acceptors (Lipinski definition) is 5. The van der Waals surface area contributed by atoms with Crippen LogP contribution in [0.3, 0.4) is 0 Å². The van der Waals surface area contributed by atoms with Crippen LogP contribution < -0.4 is 10.4 Å². The zero-order valence-electron chi connectivity index (χ0n) is 14.1. The third-order valence-electron chi connectivity index (χ3n) is 4.54. The molecule has 0 unspecified atom stereocenters. The number of para-hydroxylation sites is 1. The van der Waals surface area contributed by atoms with Crippen molar-refractivity contribution in [3.8, 4) is 17.3 Å². The van der Waals surface area contributed by atoms with Crippen molar-refractivity contribution in [2.45, 2.75) is 33.1 Å². The summed E-state index contributed by atoms with van der Waals surface area (Å²) in [6, 6.07) is 9.35. The predicted molar refractivity (Wildman–Crippen MR) is 92.6 cm³/mol. The van der Waals surface area contributed by atoms with Gasteiger partial charge in [0.2, 0.25) is 0 Å². The molecule has 4 rings (SSSR count). The smallest absolute Gasteiger partial charge is 0.343 e. The molecule has 5 heteroatoms. The molecule has 2 heterocycles. The lowest BCUT2D eigenvalue weighted by Gasteiger charge is -2.11. The molecular formula is C20H18O5. The van der Waals surface area contributed by atoms with Crippen molar-refractivity contribution in [3.05, 3.63) is 51.9 Å². The number of hydrogen-bond donors (Lipinski definition) is 0. The Morgan fingerprint density at radius 3 is 2.64 bits per heavy atom. The van der Waals surface area contributed by atoms with E-state index in [9.17, 15) is 9.59 Å². The van der Waals surface area contributed by atoms with Crippen LogP contribution in [0.5, 0.6) is 5.75 Å². The molecular weight excluding hydrogens is 320 g/mol. The van der Waals surface area contributed by atoms with Crippen LogP contribution in [0.25, 0.3) is 22.5 Å². The Labute approximate surface area is 144 Å². The minimum absolute atomic E-state index is 0.275. The Balaban J connectivity index is 1.77. The number of furan rings is 1. The third kappa shape index (κ3) is 2.97. The maximum atomic E-state index is 12.2. The second-order valence-corrected chi connectivity index (χ2v) is 6.57. The standard InChI is InChI=1S/C20H18O5/c1-11-18(24-17(21)9-13-7-8-13)12(2)20(22)25-19(11)16-10-14-5-3-4-6-15(14)23-16/h3-6,10,13H,7-9H2,1-2H3. The van der Waals surface area contributed by atoms with Crippen LogP contribution >= 0.6 is 0 Å². The number of fused-ring (bicyclic) bond motifs is 1. The fourth-order valence-electron chi connectivity index (χ4n) is 2.92. The first-order valence-electron chi connectivity index (χ1n) is 8.37. The molecule has 0 atom stereocenters. The zero-order valence-corrected chi connectivity index (χ0v) is 14.1. The quantitative estimate of drug-likeness (QED) is 0.660. The molecule has 25 heavy (non-hydrogen) atoms. The van der Waals surface area contributed by atoms with E-state index in [1.165, 1.54) is 0 Å². The van der Waals surface area contributed by atoms with Gasteiger partial charge in [0.1, 0.15) is 11.3 Å². The number of benzene rings is 1. The Kier molecular flexibility index (Phi) is 3.71. The maximum Gasteiger partial charge on any atom is 0.343 e. The average Bonchev–Trinajstić information content (AvgIpc) is 3.29. The van der Waals surface area contributed by atoms with Crippen LogP contribution in [0.2, 0.25) is 0 Å². The van der Waals surface area contributed by atoms with Gasteiger partial charge in [0.15, 0.2) is 11.5 Å². The average molecular weight is 338 g/mol. The Hall–Kier alpha value is -2.82. The summed E-state index contributed by atoms with van der Waals surface area (Å²) in [5.74, 6) is 1.12. The van der Waals surface area contributed by atoms with Gasteiger partial charge in [-0.25, -0.2) is 4.79 Å². The van der Waals surface area contributed by atoms with Crippen molar-refractivity contribution in [2.24, 2.45) is 5.92 Å². The van der Waals surface area contributed by atoms with Gasteiger partial charge >= 0.3 is 11.6 Å². The van der Waals surface area contributed by atoms with E-state index < -0.39 is 5.63 Å². The minimum atomic E-state index is -0.532. The molecule has 128 valence electrons. The van der Waals surface area contributed by atoms with Crippen molar-refractivity contribution in [1.29, 1.82) is 0 Å². The van der Waals surface area contributed by atoms with Crippen LogP contribution in [0, 0.1) is 19.8 Å². The second kappa shape index (κ2) is 5.92. The molecule has 1 aliphatic rings. The fraction of sp³-hybridized carbons (Fsp3) is 0.300. The van der Waals surface area contributed by atoms with Crippen LogP contribution in [0.4, 0.5) is 0 Å². The highest BCUT2D eigenvalue weighted by Crippen LogP contribution is 2.36. The number of rotatable bonds is 4. The Bertz CT molecular complexity index is 987. The van der Waals surface area contributed by atoms with Crippen LogP contribution in [0.15, 0.2) is 44.0 Å². The second-order valence-electron chi connectivity index (χ2n) is 6.57. The first-order valence-corrected chi connectivity index (χ1v) is 8.37. The third-order valence-corrected chi connectivity index (χ3v) is 4.54. The van der Waals surface area contributed by atoms with Gasteiger partial charge in [-0.2, -0.15) is 0 Å². The van der Waals surface area contributed by atoms with Gasteiger partial charge in [-0.3, -0.25) is 4.79 Å². The summed E-state index contributed by atoms with van der Waals surface area (Å²) >= 11 is 0. The Morgan fingerprint density at radius 2 is 1.92 bits per heavy atom. The van der Waals surface area contributed by atoms with Crippen molar-refractivity contribution < 1.29 is 18.4 Å². The molecule has 1 aliphatic carbocycles. The topological polar surface area (TPSA) is 69.7 Å². The Morgan fingerprint density at radius 1 is 1.16 bits per heavy atom. The van der Waals surface area contributed by atoms with Gasteiger partial charge in [-0.1, -0.05) is 18.2 Å². The number of ether oxygens (including phenoxy) is 1. The molecule has 0 bridgehead atoms. The van der Waals surface area contributed by atoms with E-state index in [1.54, 1.807) is 13.8 Å². The lowest BCUT2D eigenvalue weighted by Crippen LogP contribution is -2.15. The summed E-state index contributed by atoms with van der Waals surface area (Å²) in [4.78, 5) is 24.3. The molecule has 0 spiro atoms. The van der Waals surface area contributed by atoms with E-state index in [-0.39, 0.29) is 11.7 Å². The van der Waals surface area contributed by atoms with Gasteiger partial charge in [0.05, 0.1) is 5.56 Å². The highest BCUT2D eigenvalue weighted by molar-refractivity contribution is 5.83. The number of esters is 1. The van der Waals surface area contributed by atoms with Gasteiger partial charge in [0.25, 0.3) is 0 Å². The number of carbonyl (C=O) groups excluding carboxylic acids is 1. The SMILES string of the molecule is Cc1c(-c2cc3ccccc3o2)oc(=O)c(C)c1OC(=O)CC1CC1. The van der Waals surface area contributed by atoms with Gasteiger partial charge in [-0.05, 0) is 44.7 Å². The molecule has 1 aromatic carbocycles. The summed E-state index contributed by atoms with van der Waals surface area (Å²) in [5.41, 5.74) is 1.05. The van der Waals surface area contributed by atoms with Gasteiger partial charge < -0.3 is 13.6 Å². The van der Waals surface area contributed by atoms with E-state index in [1.807, 2.05) is 30.3 Å². The fourth-order valence-corrected chi connectivity index (χ4v) is 2.92. The zero-order chi connectivity index (χ0) is 17.6. The molecule has 3 aromatic rings. The van der Waals surface area contributed by atoms with Gasteiger partial charge in [0, 0.05) is 17.4 Å². The predicted octanol–water partition coefficient (Wildman–Crippen LogP) is 4.38. The molecule has 0 N–H and O–H groups in total. The molecule has 0 radical (unpaired) electrons. The van der Waals surface area contributed by atoms with Crippen LogP contribution in [-0.4, -0.2) is 5.97 Å².